The van der Waals surface area contributed by atoms with E-state index in [0.29, 0.717) is 53.7 Å². The summed E-state index contributed by atoms with van der Waals surface area (Å²) in [4.78, 5) is 37.6. The molecule has 35 heavy (non-hydrogen) atoms. The Morgan fingerprint density at radius 2 is 1.54 bits per heavy atom. The molecule has 0 unspecified atom stereocenters. The van der Waals surface area contributed by atoms with Crippen LogP contribution in [0.5, 0.6) is 11.5 Å². The standard InChI is InChI=1S/C27H24N2O6/c30-25(28-12-11-18-9-10-23-24(15-18)34-14-13-33-23)17-35-26(31)16-29-21-7-3-1-5-19(21)27(32)20-6-2-4-8-22(20)29/h1-10,15H,11-14,16-17H2,(H,28,30). The van der Waals surface area contributed by atoms with E-state index >= 15 is 0 Å². The Bertz CT molecular complexity index is 1420. The lowest BCUT2D eigenvalue weighted by Crippen LogP contribution is -2.31. The number of rotatable bonds is 7. The minimum absolute atomic E-state index is 0.0850. The van der Waals surface area contributed by atoms with E-state index in [4.69, 9.17) is 14.2 Å². The van der Waals surface area contributed by atoms with Gasteiger partial charge in [0, 0.05) is 17.3 Å². The van der Waals surface area contributed by atoms with Crippen LogP contribution in [0.4, 0.5) is 0 Å². The van der Waals surface area contributed by atoms with E-state index in [2.05, 4.69) is 5.32 Å². The Hall–Kier alpha value is -4.33. The van der Waals surface area contributed by atoms with Crippen LogP contribution >= 0.6 is 0 Å². The van der Waals surface area contributed by atoms with Crippen molar-refractivity contribution < 1.29 is 23.8 Å². The highest BCUT2D eigenvalue weighted by Gasteiger charge is 2.15. The van der Waals surface area contributed by atoms with Crippen molar-refractivity contribution in [2.75, 3.05) is 26.4 Å². The molecule has 0 bridgehead atoms. The second kappa shape index (κ2) is 9.89. The number of aromatic nitrogens is 1. The largest absolute Gasteiger partial charge is 0.486 e. The van der Waals surface area contributed by atoms with Gasteiger partial charge >= 0.3 is 5.97 Å². The highest BCUT2D eigenvalue weighted by Crippen LogP contribution is 2.30. The maximum Gasteiger partial charge on any atom is 0.326 e. The number of carbonyl (C=O) groups is 2. The van der Waals surface area contributed by atoms with Crippen molar-refractivity contribution in [3.05, 3.63) is 82.5 Å². The number of nitrogens with one attached hydrogen (secondary N) is 1. The van der Waals surface area contributed by atoms with Crippen LogP contribution in [0.1, 0.15) is 5.56 Å². The fraction of sp³-hybridized carbons (Fsp3) is 0.222. The fourth-order valence-electron chi connectivity index (χ4n) is 4.21. The average molecular weight is 472 g/mol. The third-order valence-corrected chi connectivity index (χ3v) is 5.87. The van der Waals surface area contributed by atoms with Crippen LogP contribution in [0.25, 0.3) is 21.8 Å². The maximum absolute atomic E-state index is 12.8. The molecule has 1 aliphatic rings. The first-order valence-corrected chi connectivity index (χ1v) is 11.4. The molecular weight excluding hydrogens is 448 g/mol. The summed E-state index contributed by atoms with van der Waals surface area (Å²) in [6, 6.07) is 20.0. The van der Waals surface area contributed by atoms with Crippen LogP contribution in [0.2, 0.25) is 0 Å². The zero-order valence-corrected chi connectivity index (χ0v) is 19.0. The molecule has 178 valence electrons. The minimum Gasteiger partial charge on any atom is -0.486 e. The molecule has 1 aliphatic heterocycles. The van der Waals surface area contributed by atoms with E-state index in [-0.39, 0.29) is 24.5 Å². The van der Waals surface area contributed by atoms with Gasteiger partial charge in [0.15, 0.2) is 23.5 Å². The van der Waals surface area contributed by atoms with Gasteiger partial charge in [-0.25, -0.2) is 0 Å². The summed E-state index contributed by atoms with van der Waals surface area (Å²) in [5.74, 6) is 0.479. The number of fused-ring (bicyclic) bond motifs is 3. The SMILES string of the molecule is O=C(COC(=O)Cn1c2ccccc2c(=O)c2ccccc21)NCCc1ccc2c(c1)OCCO2. The Balaban J connectivity index is 1.18. The van der Waals surface area contributed by atoms with Gasteiger partial charge in [-0.3, -0.25) is 14.4 Å². The van der Waals surface area contributed by atoms with Gasteiger partial charge in [-0.1, -0.05) is 30.3 Å². The number of hydrogen-bond acceptors (Lipinski definition) is 6. The number of nitrogens with zero attached hydrogens (tertiary/aromatic N) is 1. The summed E-state index contributed by atoms with van der Waals surface area (Å²) >= 11 is 0. The summed E-state index contributed by atoms with van der Waals surface area (Å²) in [5, 5.41) is 3.81. The summed E-state index contributed by atoms with van der Waals surface area (Å²) in [7, 11) is 0. The highest BCUT2D eigenvalue weighted by atomic mass is 16.6. The predicted molar refractivity (Wildman–Crippen MR) is 131 cm³/mol. The number of amides is 1. The average Bonchev–Trinajstić information content (AvgIpc) is 2.90. The zero-order chi connectivity index (χ0) is 24.2. The quantitative estimate of drug-likeness (QED) is 0.328. The molecule has 1 aromatic heterocycles. The molecule has 0 fully saturated rings. The fourth-order valence-corrected chi connectivity index (χ4v) is 4.21. The molecule has 0 radical (unpaired) electrons. The molecule has 1 N–H and O–H groups in total. The van der Waals surface area contributed by atoms with Crippen LogP contribution < -0.4 is 20.2 Å². The lowest BCUT2D eigenvalue weighted by atomic mass is 10.1. The second-order valence-corrected chi connectivity index (χ2v) is 8.19. The number of benzene rings is 3. The van der Waals surface area contributed by atoms with Gasteiger partial charge in [0.2, 0.25) is 0 Å². The van der Waals surface area contributed by atoms with Gasteiger partial charge in [-0.2, -0.15) is 0 Å². The van der Waals surface area contributed by atoms with Crippen LogP contribution in [0.3, 0.4) is 0 Å². The van der Waals surface area contributed by atoms with Gasteiger partial charge < -0.3 is 24.1 Å². The summed E-state index contributed by atoms with van der Waals surface area (Å²) in [6.45, 7) is 0.951. The lowest BCUT2D eigenvalue weighted by Gasteiger charge is -2.18. The molecule has 0 saturated heterocycles. The molecule has 5 rings (SSSR count). The Morgan fingerprint density at radius 3 is 2.26 bits per heavy atom. The molecule has 2 heterocycles. The van der Waals surface area contributed by atoms with Crippen molar-refractivity contribution in [2.45, 2.75) is 13.0 Å². The molecular formula is C27H24N2O6. The maximum atomic E-state index is 12.8. The van der Waals surface area contributed by atoms with Crippen molar-refractivity contribution in [3.63, 3.8) is 0 Å². The van der Waals surface area contributed by atoms with Crippen LogP contribution in [0.15, 0.2) is 71.5 Å². The summed E-state index contributed by atoms with van der Waals surface area (Å²) in [5.41, 5.74) is 2.19. The molecule has 8 heteroatoms. The Kier molecular flexibility index (Phi) is 6.34. The van der Waals surface area contributed by atoms with E-state index in [1.165, 1.54) is 0 Å². The van der Waals surface area contributed by atoms with Gasteiger partial charge in [-0.15, -0.1) is 0 Å². The highest BCUT2D eigenvalue weighted by molar-refractivity contribution is 5.94. The van der Waals surface area contributed by atoms with Crippen molar-refractivity contribution in [1.82, 2.24) is 9.88 Å². The summed E-state index contributed by atoms with van der Waals surface area (Å²) in [6.07, 6.45) is 0.603. The number of para-hydroxylation sites is 2. The summed E-state index contributed by atoms with van der Waals surface area (Å²) < 4.78 is 18.1. The number of carbonyl (C=O) groups excluding carboxylic acids is 2. The molecule has 4 aromatic rings. The monoisotopic (exact) mass is 472 g/mol. The first kappa shape index (κ1) is 22.5. The predicted octanol–water partition coefficient (Wildman–Crippen LogP) is 2.83. The Labute approximate surface area is 201 Å². The molecule has 0 atom stereocenters. The minimum atomic E-state index is -0.564. The van der Waals surface area contributed by atoms with Crippen LogP contribution in [-0.2, 0) is 27.3 Å². The van der Waals surface area contributed by atoms with Gasteiger partial charge in [-0.05, 0) is 48.4 Å². The Morgan fingerprint density at radius 1 is 0.886 bits per heavy atom. The number of esters is 1. The van der Waals surface area contributed by atoms with E-state index < -0.39 is 5.97 Å². The third kappa shape index (κ3) is 4.82. The molecule has 0 saturated carbocycles. The number of ether oxygens (including phenoxy) is 3. The first-order chi connectivity index (χ1) is 17.1. The van der Waals surface area contributed by atoms with E-state index in [1.807, 2.05) is 30.3 Å². The first-order valence-electron chi connectivity index (χ1n) is 11.4. The van der Waals surface area contributed by atoms with Crippen LogP contribution in [0, 0.1) is 0 Å². The van der Waals surface area contributed by atoms with Crippen molar-refractivity contribution in [3.8, 4) is 11.5 Å². The smallest absolute Gasteiger partial charge is 0.326 e. The molecule has 0 spiro atoms. The molecule has 3 aromatic carbocycles. The van der Waals surface area contributed by atoms with E-state index in [0.717, 1.165) is 11.3 Å². The number of hydrogen-bond donors (Lipinski definition) is 1. The van der Waals surface area contributed by atoms with Crippen molar-refractivity contribution in [2.24, 2.45) is 0 Å². The van der Waals surface area contributed by atoms with Gasteiger partial charge in [0.1, 0.15) is 19.8 Å². The van der Waals surface area contributed by atoms with Crippen molar-refractivity contribution in [1.29, 1.82) is 0 Å². The normalized spacial score (nSPS) is 12.5. The molecule has 1 amide bonds. The van der Waals surface area contributed by atoms with E-state index in [9.17, 15) is 14.4 Å². The lowest BCUT2D eigenvalue weighted by molar-refractivity contribution is -0.149. The number of pyridine rings is 1. The second-order valence-electron chi connectivity index (χ2n) is 8.19. The molecule has 0 aliphatic carbocycles. The van der Waals surface area contributed by atoms with Crippen LogP contribution in [-0.4, -0.2) is 42.8 Å². The third-order valence-electron chi connectivity index (χ3n) is 5.87. The topological polar surface area (TPSA) is 95.9 Å². The zero-order valence-electron chi connectivity index (χ0n) is 19.0. The van der Waals surface area contributed by atoms with E-state index in [1.54, 1.807) is 41.0 Å². The van der Waals surface area contributed by atoms with Crippen molar-refractivity contribution >= 4 is 33.7 Å². The molecule has 8 nitrogen and oxygen atoms in total. The van der Waals surface area contributed by atoms with Gasteiger partial charge in [0.05, 0.1) is 11.0 Å². The van der Waals surface area contributed by atoms with Gasteiger partial charge in [0.25, 0.3) is 5.91 Å².